The Labute approximate surface area is 150 Å². The number of carbonyl (C=O) groups is 2. The quantitative estimate of drug-likeness (QED) is 0.446. The number of benzene rings is 2. The van der Waals surface area contributed by atoms with E-state index < -0.39 is 5.97 Å². The maximum Gasteiger partial charge on any atom is 0.337 e. The van der Waals surface area contributed by atoms with Crippen LogP contribution in [0.25, 0.3) is 0 Å². The van der Waals surface area contributed by atoms with Crippen LogP contribution in [-0.2, 0) is 9.53 Å². The summed E-state index contributed by atoms with van der Waals surface area (Å²) < 4.78 is 10.1. The Morgan fingerprint density at radius 1 is 1.16 bits per heavy atom. The minimum absolute atomic E-state index is 0.200. The van der Waals surface area contributed by atoms with Crippen LogP contribution in [-0.4, -0.2) is 30.7 Å². The highest BCUT2D eigenvalue weighted by Crippen LogP contribution is 2.25. The van der Waals surface area contributed by atoms with E-state index in [0.717, 1.165) is 0 Å². The van der Waals surface area contributed by atoms with E-state index in [4.69, 9.17) is 16.3 Å². The van der Waals surface area contributed by atoms with E-state index in [-0.39, 0.29) is 29.3 Å². The molecule has 1 amide bonds. The van der Waals surface area contributed by atoms with Crippen molar-refractivity contribution in [2.75, 3.05) is 19.0 Å². The zero-order valence-corrected chi connectivity index (χ0v) is 14.4. The number of phenols is 1. The summed E-state index contributed by atoms with van der Waals surface area (Å²) in [5.74, 6) is -0.345. The molecule has 0 spiro atoms. The first-order valence-corrected chi connectivity index (χ1v) is 7.97. The van der Waals surface area contributed by atoms with Crippen LogP contribution in [0, 0.1) is 0 Å². The van der Waals surface area contributed by atoms with Crippen LogP contribution in [0.5, 0.6) is 11.5 Å². The van der Waals surface area contributed by atoms with Gasteiger partial charge in [-0.2, -0.15) is 0 Å². The van der Waals surface area contributed by atoms with Crippen molar-refractivity contribution in [2.24, 2.45) is 0 Å². The van der Waals surface area contributed by atoms with Crippen molar-refractivity contribution in [1.29, 1.82) is 0 Å². The van der Waals surface area contributed by atoms with E-state index in [1.54, 1.807) is 24.3 Å². The first-order chi connectivity index (χ1) is 12.0. The molecule has 0 saturated carbocycles. The molecule has 2 rings (SSSR count). The molecule has 0 aliphatic heterocycles. The van der Waals surface area contributed by atoms with Crippen molar-refractivity contribution in [3.63, 3.8) is 0 Å². The minimum atomic E-state index is -0.562. The predicted octanol–water partition coefficient (Wildman–Crippen LogP) is 3.63. The van der Waals surface area contributed by atoms with Crippen LogP contribution < -0.4 is 10.1 Å². The average Bonchev–Trinajstić information content (AvgIpc) is 2.61. The minimum Gasteiger partial charge on any atom is -0.506 e. The summed E-state index contributed by atoms with van der Waals surface area (Å²) >= 11 is 5.79. The van der Waals surface area contributed by atoms with Crippen LogP contribution in [0.3, 0.4) is 0 Å². The largest absolute Gasteiger partial charge is 0.506 e. The van der Waals surface area contributed by atoms with Gasteiger partial charge in [0.25, 0.3) is 0 Å². The zero-order valence-electron chi connectivity index (χ0n) is 13.6. The van der Waals surface area contributed by atoms with Gasteiger partial charge in [0.15, 0.2) is 0 Å². The molecule has 0 fully saturated rings. The molecule has 0 heterocycles. The van der Waals surface area contributed by atoms with Crippen molar-refractivity contribution in [2.45, 2.75) is 12.8 Å². The Kier molecular flexibility index (Phi) is 6.65. The number of halogens is 1. The molecular weight excluding hydrogens is 346 g/mol. The molecule has 2 N–H and O–H groups in total. The Morgan fingerprint density at radius 2 is 1.88 bits per heavy atom. The second-order valence-electron chi connectivity index (χ2n) is 5.18. The Morgan fingerprint density at radius 3 is 2.52 bits per heavy atom. The Hall–Kier alpha value is -2.73. The third-order valence-corrected chi connectivity index (χ3v) is 3.58. The molecule has 132 valence electrons. The Balaban J connectivity index is 1.78. The maximum atomic E-state index is 11.9. The van der Waals surface area contributed by atoms with E-state index in [2.05, 4.69) is 10.1 Å². The van der Waals surface area contributed by atoms with Crippen LogP contribution in [0.1, 0.15) is 23.2 Å². The number of amides is 1. The zero-order chi connectivity index (χ0) is 18.2. The number of hydrogen-bond acceptors (Lipinski definition) is 5. The number of esters is 1. The average molecular weight is 364 g/mol. The molecule has 0 aliphatic rings. The maximum absolute atomic E-state index is 11.9. The number of carbonyl (C=O) groups excluding carboxylic acids is 2. The molecule has 0 saturated heterocycles. The molecule has 0 bridgehead atoms. The lowest BCUT2D eigenvalue weighted by Gasteiger charge is -2.09. The second-order valence-corrected chi connectivity index (χ2v) is 5.61. The van der Waals surface area contributed by atoms with Gasteiger partial charge in [0.1, 0.15) is 11.5 Å². The number of rotatable bonds is 7. The number of phenolic OH excluding ortho intramolecular Hbond substituents is 1. The second kappa shape index (κ2) is 8.94. The summed E-state index contributed by atoms with van der Waals surface area (Å²) in [5.41, 5.74) is 0.436. The summed E-state index contributed by atoms with van der Waals surface area (Å²) in [6.45, 7) is 0.377. The van der Waals surface area contributed by atoms with Crippen LogP contribution in [0.4, 0.5) is 5.69 Å². The number of ether oxygens (including phenoxy) is 2. The first kappa shape index (κ1) is 18.6. The number of aromatic hydroxyl groups is 1. The highest BCUT2D eigenvalue weighted by Gasteiger charge is 2.11. The first-order valence-electron chi connectivity index (χ1n) is 7.59. The lowest BCUT2D eigenvalue weighted by atomic mass is 10.2. The van der Waals surface area contributed by atoms with Gasteiger partial charge in [0.05, 0.1) is 25.0 Å². The van der Waals surface area contributed by atoms with Gasteiger partial charge in [0.2, 0.25) is 5.91 Å². The third kappa shape index (κ3) is 5.69. The molecule has 0 unspecified atom stereocenters. The van der Waals surface area contributed by atoms with Crippen LogP contribution >= 0.6 is 11.6 Å². The number of anilines is 1. The summed E-state index contributed by atoms with van der Waals surface area (Å²) in [7, 11) is 1.25. The number of hydrogen-bond donors (Lipinski definition) is 2. The van der Waals surface area contributed by atoms with Crippen molar-refractivity contribution >= 4 is 29.2 Å². The fraction of sp³-hybridized carbons (Fsp3) is 0.222. The van der Waals surface area contributed by atoms with Gasteiger partial charge in [0, 0.05) is 11.4 Å². The highest BCUT2D eigenvalue weighted by atomic mass is 35.5. The molecule has 0 radical (unpaired) electrons. The van der Waals surface area contributed by atoms with Gasteiger partial charge in [-0.25, -0.2) is 4.79 Å². The number of nitrogens with one attached hydrogen (secondary N) is 1. The van der Waals surface area contributed by atoms with Gasteiger partial charge in [-0.1, -0.05) is 11.6 Å². The van der Waals surface area contributed by atoms with E-state index in [9.17, 15) is 14.7 Å². The molecule has 0 aliphatic carbocycles. The van der Waals surface area contributed by atoms with Gasteiger partial charge < -0.3 is 19.9 Å². The lowest BCUT2D eigenvalue weighted by molar-refractivity contribution is -0.116. The van der Waals surface area contributed by atoms with Gasteiger partial charge in [-0.05, 0) is 48.9 Å². The molecule has 2 aromatic carbocycles. The molecular formula is C18H18ClNO5. The Bertz CT molecular complexity index is 746. The number of methoxy groups -OCH3 is 1. The summed E-state index contributed by atoms with van der Waals surface area (Å²) in [5, 5.41) is 13.1. The summed E-state index contributed by atoms with van der Waals surface area (Å²) in [4.78, 5) is 23.3. The third-order valence-electron chi connectivity index (χ3n) is 3.32. The summed E-state index contributed by atoms with van der Waals surface area (Å²) in [6, 6.07) is 11.1. The molecule has 7 heteroatoms. The predicted molar refractivity (Wildman–Crippen MR) is 94.3 cm³/mol. The standard InChI is InChI=1S/C18H18ClNO5/c1-24-18(23)12-4-9-15(16(21)11-12)20-17(22)3-2-10-25-14-7-5-13(19)6-8-14/h4-9,11,21H,2-3,10H2,1H3,(H,20,22). The molecule has 6 nitrogen and oxygen atoms in total. The summed E-state index contributed by atoms with van der Waals surface area (Å²) in [6.07, 6.45) is 0.737. The van der Waals surface area contributed by atoms with E-state index >= 15 is 0 Å². The van der Waals surface area contributed by atoms with Crippen molar-refractivity contribution in [3.05, 3.63) is 53.1 Å². The van der Waals surface area contributed by atoms with E-state index in [0.29, 0.717) is 23.8 Å². The van der Waals surface area contributed by atoms with Crippen LogP contribution in [0.15, 0.2) is 42.5 Å². The molecule has 2 aromatic rings. The van der Waals surface area contributed by atoms with Crippen LogP contribution in [0.2, 0.25) is 5.02 Å². The smallest absolute Gasteiger partial charge is 0.337 e. The van der Waals surface area contributed by atoms with Crippen molar-refractivity contribution < 1.29 is 24.2 Å². The van der Waals surface area contributed by atoms with Crippen molar-refractivity contribution in [3.8, 4) is 11.5 Å². The topological polar surface area (TPSA) is 84.9 Å². The van der Waals surface area contributed by atoms with Gasteiger partial charge in [-0.15, -0.1) is 0 Å². The normalized spacial score (nSPS) is 10.2. The molecule has 0 aromatic heterocycles. The fourth-order valence-electron chi connectivity index (χ4n) is 2.05. The molecule has 0 atom stereocenters. The van der Waals surface area contributed by atoms with Gasteiger partial charge >= 0.3 is 5.97 Å². The van der Waals surface area contributed by atoms with E-state index in [1.165, 1.54) is 25.3 Å². The van der Waals surface area contributed by atoms with E-state index in [1.807, 2.05) is 0 Å². The molecule has 25 heavy (non-hydrogen) atoms. The fourth-order valence-corrected chi connectivity index (χ4v) is 2.17. The SMILES string of the molecule is COC(=O)c1ccc(NC(=O)CCCOc2ccc(Cl)cc2)c(O)c1. The lowest BCUT2D eigenvalue weighted by Crippen LogP contribution is -2.13. The monoisotopic (exact) mass is 363 g/mol. The highest BCUT2D eigenvalue weighted by molar-refractivity contribution is 6.30. The van der Waals surface area contributed by atoms with Crippen molar-refractivity contribution in [1.82, 2.24) is 0 Å². The van der Waals surface area contributed by atoms with Gasteiger partial charge in [-0.3, -0.25) is 4.79 Å².